The Kier molecular flexibility index (Phi) is 9.21. The lowest BCUT2D eigenvalue weighted by molar-refractivity contribution is -0.274. The van der Waals surface area contributed by atoms with Gasteiger partial charge in [-0.05, 0) is 55.7 Å². The number of unbranched alkanes of at least 4 members (excludes halogenated alkanes) is 1. The number of pyridine rings is 1. The summed E-state index contributed by atoms with van der Waals surface area (Å²) in [4.78, 5) is 28.8. The maximum Gasteiger partial charge on any atom is 0.573 e. The normalized spacial score (nSPS) is 11.3. The average molecular weight is 576 g/mol. The van der Waals surface area contributed by atoms with E-state index in [1.807, 2.05) is 19.1 Å². The molecule has 0 saturated heterocycles. The van der Waals surface area contributed by atoms with Gasteiger partial charge in [-0.2, -0.15) is 0 Å². The van der Waals surface area contributed by atoms with Gasteiger partial charge in [-0.15, -0.1) is 23.4 Å². The summed E-state index contributed by atoms with van der Waals surface area (Å²) in [5, 5.41) is 20.8. The molecule has 0 bridgehead atoms. The van der Waals surface area contributed by atoms with Gasteiger partial charge in [0.05, 0.1) is 31.1 Å². The second-order valence-electron chi connectivity index (χ2n) is 8.97. The molecule has 41 heavy (non-hydrogen) atoms. The van der Waals surface area contributed by atoms with E-state index in [1.165, 1.54) is 10.9 Å². The first-order valence-electron chi connectivity index (χ1n) is 12.4. The highest BCUT2D eigenvalue weighted by Crippen LogP contribution is 2.25. The van der Waals surface area contributed by atoms with Crippen molar-refractivity contribution in [3.63, 3.8) is 0 Å². The lowest BCUT2D eigenvalue weighted by atomic mass is 10.1. The predicted octanol–water partition coefficient (Wildman–Crippen LogP) is 3.20. The van der Waals surface area contributed by atoms with Crippen LogP contribution < -0.4 is 15.4 Å². The summed E-state index contributed by atoms with van der Waals surface area (Å²) in [6, 6.07) is 6.17. The van der Waals surface area contributed by atoms with Crippen LogP contribution in [0.1, 0.15) is 40.2 Å². The summed E-state index contributed by atoms with van der Waals surface area (Å²) in [5.74, 6) is -2.43. The highest BCUT2D eigenvalue weighted by molar-refractivity contribution is 5.92. The SMILES string of the molecule is Cc1ccnc(CNC(=O)c2cn(CCCCn3cc(NC(=O)Cc4cc(OC(F)(F)F)ccc4F)nn3)nn2)c1. The minimum Gasteiger partial charge on any atom is -0.406 e. The fourth-order valence-electron chi connectivity index (χ4n) is 3.72. The van der Waals surface area contributed by atoms with Gasteiger partial charge < -0.3 is 15.4 Å². The van der Waals surface area contributed by atoms with E-state index in [4.69, 9.17) is 0 Å². The Bertz CT molecular complexity index is 1500. The summed E-state index contributed by atoms with van der Waals surface area (Å²) in [6.07, 6.45) is 0.562. The zero-order chi connectivity index (χ0) is 29.4. The van der Waals surface area contributed by atoms with Crippen LogP contribution in [0.25, 0.3) is 0 Å². The van der Waals surface area contributed by atoms with Crippen molar-refractivity contribution < 1.29 is 31.9 Å². The number of carbonyl (C=O) groups is 2. The Labute approximate surface area is 230 Å². The van der Waals surface area contributed by atoms with Gasteiger partial charge >= 0.3 is 6.36 Å². The van der Waals surface area contributed by atoms with Crippen LogP contribution in [-0.2, 0) is 30.8 Å². The van der Waals surface area contributed by atoms with Crippen LogP contribution in [-0.4, -0.2) is 53.1 Å². The summed E-state index contributed by atoms with van der Waals surface area (Å²) in [6.45, 7) is 3.17. The third-order valence-corrected chi connectivity index (χ3v) is 5.61. The summed E-state index contributed by atoms with van der Waals surface area (Å²) < 4.78 is 58.0. The molecule has 0 aliphatic carbocycles. The third kappa shape index (κ3) is 9.08. The second kappa shape index (κ2) is 13.0. The fraction of sp³-hybridized carbons (Fsp3) is 0.320. The van der Waals surface area contributed by atoms with E-state index in [9.17, 15) is 27.2 Å². The molecule has 0 saturated carbocycles. The quantitative estimate of drug-likeness (QED) is 0.194. The first kappa shape index (κ1) is 29.1. The largest absolute Gasteiger partial charge is 0.573 e. The molecule has 216 valence electrons. The number of rotatable bonds is 12. The molecule has 3 aromatic heterocycles. The van der Waals surface area contributed by atoms with E-state index in [1.54, 1.807) is 17.1 Å². The molecule has 1 aromatic carbocycles. The predicted molar refractivity (Wildman–Crippen MR) is 135 cm³/mol. The minimum atomic E-state index is -4.94. The fourth-order valence-corrected chi connectivity index (χ4v) is 3.72. The molecule has 0 unspecified atom stereocenters. The number of carbonyl (C=O) groups excluding carboxylic acids is 2. The highest BCUT2D eigenvalue weighted by Gasteiger charge is 2.31. The summed E-state index contributed by atoms with van der Waals surface area (Å²) in [5.41, 5.74) is 1.70. The zero-order valence-electron chi connectivity index (χ0n) is 21.7. The van der Waals surface area contributed by atoms with E-state index in [0.29, 0.717) is 25.9 Å². The molecule has 0 atom stereocenters. The van der Waals surface area contributed by atoms with Crippen molar-refractivity contribution >= 4 is 17.6 Å². The van der Waals surface area contributed by atoms with Crippen LogP contribution in [0.2, 0.25) is 0 Å². The molecule has 12 nitrogen and oxygen atoms in total. The average Bonchev–Trinajstić information content (AvgIpc) is 3.56. The molecule has 0 aliphatic rings. The zero-order valence-corrected chi connectivity index (χ0v) is 21.7. The van der Waals surface area contributed by atoms with Gasteiger partial charge in [0.25, 0.3) is 5.91 Å². The van der Waals surface area contributed by atoms with Gasteiger partial charge in [0.2, 0.25) is 5.91 Å². The number of anilines is 1. The van der Waals surface area contributed by atoms with Crippen LogP contribution in [0.15, 0.2) is 48.9 Å². The van der Waals surface area contributed by atoms with Gasteiger partial charge in [0.15, 0.2) is 11.5 Å². The molecule has 0 spiro atoms. The third-order valence-electron chi connectivity index (χ3n) is 5.61. The smallest absolute Gasteiger partial charge is 0.406 e. The molecule has 3 heterocycles. The maximum absolute atomic E-state index is 14.0. The second-order valence-corrected chi connectivity index (χ2v) is 8.97. The molecule has 2 N–H and O–H groups in total. The van der Waals surface area contributed by atoms with E-state index >= 15 is 0 Å². The highest BCUT2D eigenvalue weighted by atomic mass is 19.4. The van der Waals surface area contributed by atoms with Crippen LogP contribution in [0.4, 0.5) is 23.4 Å². The van der Waals surface area contributed by atoms with Crippen molar-refractivity contribution in [1.82, 2.24) is 40.3 Å². The number of hydrogen-bond donors (Lipinski definition) is 2. The molecule has 4 rings (SSSR count). The minimum absolute atomic E-state index is 0.103. The van der Waals surface area contributed by atoms with E-state index < -0.39 is 30.3 Å². The van der Waals surface area contributed by atoms with Crippen molar-refractivity contribution in [3.05, 3.63) is 77.3 Å². The first-order chi connectivity index (χ1) is 19.5. The van der Waals surface area contributed by atoms with Crippen molar-refractivity contribution in [2.75, 3.05) is 5.32 Å². The van der Waals surface area contributed by atoms with Crippen molar-refractivity contribution in [2.24, 2.45) is 0 Å². The van der Waals surface area contributed by atoms with E-state index in [2.05, 4.69) is 41.0 Å². The molecule has 0 fully saturated rings. The van der Waals surface area contributed by atoms with Crippen molar-refractivity contribution in [1.29, 1.82) is 0 Å². The number of hydrogen-bond acceptors (Lipinski definition) is 8. The lowest BCUT2D eigenvalue weighted by Crippen LogP contribution is -2.23. The van der Waals surface area contributed by atoms with Crippen LogP contribution >= 0.6 is 0 Å². The van der Waals surface area contributed by atoms with Crippen LogP contribution in [0, 0.1) is 12.7 Å². The molecule has 16 heteroatoms. The Morgan fingerprint density at radius 2 is 1.73 bits per heavy atom. The Hall–Kier alpha value is -4.89. The first-order valence-corrected chi connectivity index (χ1v) is 12.4. The Balaban J connectivity index is 1.18. The van der Waals surface area contributed by atoms with E-state index in [0.717, 1.165) is 29.5 Å². The number of benzene rings is 1. The number of alkyl halides is 3. The standard InChI is InChI=1S/C25H25F4N9O3/c1-16-6-7-30-18(10-16)13-31-24(40)21-14-37(35-33-21)8-2-3-9-38-15-22(34-36-38)32-23(39)12-17-11-19(4-5-20(17)26)41-25(27,28)29/h4-7,10-11,14-15H,2-3,8-9,12-13H2,1H3,(H,31,40)(H,32,39). The Morgan fingerprint density at radius 1 is 1.00 bits per heavy atom. The molecule has 2 amide bonds. The molecule has 4 aromatic rings. The van der Waals surface area contributed by atoms with Gasteiger partial charge in [-0.1, -0.05) is 10.4 Å². The number of nitrogens with one attached hydrogen (secondary N) is 2. The van der Waals surface area contributed by atoms with Gasteiger partial charge in [-0.25, -0.2) is 4.39 Å². The number of amides is 2. The number of aryl methyl sites for hydroxylation is 3. The lowest BCUT2D eigenvalue weighted by Gasteiger charge is -2.10. The number of nitrogens with zero attached hydrogens (tertiary/aromatic N) is 7. The van der Waals surface area contributed by atoms with Crippen LogP contribution in [0.3, 0.4) is 0 Å². The van der Waals surface area contributed by atoms with Gasteiger partial charge in [0, 0.05) is 24.8 Å². The molecule has 0 radical (unpaired) electrons. The van der Waals surface area contributed by atoms with Gasteiger partial charge in [-0.3, -0.25) is 23.9 Å². The van der Waals surface area contributed by atoms with Gasteiger partial charge in [0.1, 0.15) is 11.6 Å². The Morgan fingerprint density at radius 3 is 2.46 bits per heavy atom. The number of halogens is 4. The topological polar surface area (TPSA) is 142 Å². The monoisotopic (exact) mass is 575 g/mol. The summed E-state index contributed by atoms with van der Waals surface area (Å²) in [7, 11) is 0. The molecular formula is C25H25F4N9O3. The molecular weight excluding hydrogens is 550 g/mol. The molecule has 0 aliphatic heterocycles. The van der Waals surface area contributed by atoms with Crippen molar-refractivity contribution in [2.45, 2.75) is 52.2 Å². The van der Waals surface area contributed by atoms with E-state index in [-0.39, 0.29) is 29.5 Å². The van der Waals surface area contributed by atoms with Crippen molar-refractivity contribution in [3.8, 4) is 5.75 Å². The van der Waals surface area contributed by atoms with Crippen LogP contribution in [0.5, 0.6) is 5.75 Å². The number of ether oxygens (including phenoxy) is 1. The summed E-state index contributed by atoms with van der Waals surface area (Å²) >= 11 is 0. The number of aromatic nitrogens is 7. The maximum atomic E-state index is 14.0.